The zero-order valence-corrected chi connectivity index (χ0v) is 11.6. The topological polar surface area (TPSA) is 92.2 Å². The molecule has 110 valence electrons. The first-order valence-corrected chi connectivity index (χ1v) is 6.96. The number of anilines is 1. The van der Waals surface area contributed by atoms with Crippen LogP contribution < -0.4 is 5.32 Å². The summed E-state index contributed by atoms with van der Waals surface area (Å²) in [6.45, 7) is 0. The standard InChI is InChI=1S/C13H12FN3O3S/c14-10-3-1-2-8(4-10)9(6-12(19)20)5-11(18)16-13-17-15-7-21-13/h1-4,7,9H,5-6H2,(H,19,20)(H,16,17,18). The van der Waals surface area contributed by atoms with Gasteiger partial charge in [-0.15, -0.1) is 10.2 Å². The molecule has 1 amide bonds. The molecule has 1 atom stereocenters. The molecule has 0 spiro atoms. The van der Waals surface area contributed by atoms with Crippen LogP contribution in [0.1, 0.15) is 24.3 Å². The van der Waals surface area contributed by atoms with E-state index in [4.69, 9.17) is 5.11 Å². The highest BCUT2D eigenvalue weighted by atomic mass is 32.1. The van der Waals surface area contributed by atoms with E-state index >= 15 is 0 Å². The van der Waals surface area contributed by atoms with Gasteiger partial charge in [0.05, 0.1) is 6.42 Å². The maximum atomic E-state index is 13.2. The molecule has 0 aliphatic carbocycles. The first-order chi connectivity index (χ1) is 10.0. The van der Waals surface area contributed by atoms with Crippen molar-refractivity contribution in [3.8, 4) is 0 Å². The maximum Gasteiger partial charge on any atom is 0.303 e. The van der Waals surface area contributed by atoms with Gasteiger partial charge >= 0.3 is 5.97 Å². The zero-order valence-electron chi connectivity index (χ0n) is 10.8. The van der Waals surface area contributed by atoms with E-state index < -0.39 is 17.7 Å². The number of hydrogen-bond donors (Lipinski definition) is 2. The summed E-state index contributed by atoms with van der Waals surface area (Å²) in [6, 6.07) is 5.60. The summed E-state index contributed by atoms with van der Waals surface area (Å²) < 4.78 is 13.2. The number of rotatable bonds is 6. The van der Waals surface area contributed by atoms with Crippen LogP contribution in [-0.2, 0) is 9.59 Å². The van der Waals surface area contributed by atoms with Crippen molar-refractivity contribution in [2.24, 2.45) is 0 Å². The minimum atomic E-state index is -1.05. The molecule has 0 saturated heterocycles. The number of carbonyl (C=O) groups is 2. The number of amides is 1. The van der Waals surface area contributed by atoms with Crippen LogP contribution in [0.15, 0.2) is 29.8 Å². The normalized spacial score (nSPS) is 11.9. The zero-order chi connectivity index (χ0) is 15.2. The summed E-state index contributed by atoms with van der Waals surface area (Å²) in [5.74, 6) is -2.51. The molecule has 21 heavy (non-hydrogen) atoms. The van der Waals surface area contributed by atoms with Gasteiger partial charge in [0.15, 0.2) is 0 Å². The van der Waals surface area contributed by atoms with Gasteiger partial charge < -0.3 is 10.4 Å². The Morgan fingerprint density at radius 2 is 2.19 bits per heavy atom. The fourth-order valence-corrected chi connectivity index (χ4v) is 2.36. The van der Waals surface area contributed by atoms with Gasteiger partial charge in [-0.25, -0.2) is 4.39 Å². The number of hydrogen-bond acceptors (Lipinski definition) is 5. The smallest absolute Gasteiger partial charge is 0.303 e. The van der Waals surface area contributed by atoms with Crippen LogP contribution in [0.25, 0.3) is 0 Å². The molecule has 2 N–H and O–H groups in total. The highest BCUT2D eigenvalue weighted by Gasteiger charge is 2.20. The Morgan fingerprint density at radius 3 is 2.81 bits per heavy atom. The van der Waals surface area contributed by atoms with Crippen LogP contribution in [-0.4, -0.2) is 27.2 Å². The lowest BCUT2D eigenvalue weighted by molar-refractivity contribution is -0.137. The first kappa shape index (κ1) is 15.0. The maximum absolute atomic E-state index is 13.2. The van der Waals surface area contributed by atoms with E-state index in [1.807, 2.05) is 0 Å². The van der Waals surface area contributed by atoms with Crippen LogP contribution in [0, 0.1) is 5.82 Å². The first-order valence-electron chi connectivity index (χ1n) is 6.08. The van der Waals surface area contributed by atoms with E-state index in [1.165, 1.54) is 23.7 Å². The molecule has 1 aromatic heterocycles. The largest absolute Gasteiger partial charge is 0.481 e. The number of aromatic nitrogens is 2. The summed E-state index contributed by atoms with van der Waals surface area (Å²) in [4.78, 5) is 22.8. The molecule has 1 aromatic carbocycles. The number of benzene rings is 1. The minimum Gasteiger partial charge on any atom is -0.481 e. The second kappa shape index (κ2) is 6.89. The molecule has 1 unspecified atom stereocenters. The molecule has 0 bridgehead atoms. The third-order valence-corrected chi connectivity index (χ3v) is 3.39. The molecule has 0 fully saturated rings. The van der Waals surface area contributed by atoms with Crippen LogP contribution in [0.5, 0.6) is 0 Å². The second-order valence-electron chi connectivity index (χ2n) is 4.35. The van der Waals surface area contributed by atoms with Crippen molar-refractivity contribution in [2.75, 3.05) is 5.32 Å². The van der Waals surface area contributed by atoms with Crippen molar-refractivity contribution in [3.63, 3.8) is 0 Å². The fourth-order valence-electron chi connectivity index (χ4n) is 1.90. The van der Waals surface area contributed by atoms with Crippen molar-refractivity contribution in [3.05, 3.63) is 41.2 Å². The van der Waals surface area contributed by atoms with E-state index in [-0.39, 0.29) is 18.7 Å². The van der Waals surface area contributed by atoms with Gasteiger partial charge in [0.2, 0.25) is 11.0 Å². The monoisotopic (exact) mass is 309 g/mol. The quantitative estimate of drug-likeness (QED) is 0.854. The van der Waals surface area contributed by atoms with Gasteiger partial charge in [-0.05, 0) is 17.7 Å². The van der Waals surface area contributed by atoms with Gasteiger partial charge in [0, 0.05) is 12.3 Å². The average molecular weight is 309 g/mol. The molecular weight excluding hydrogens is 297 g/mol. The van der Waals surface area contributed by atoms with Crippen LogP contribution in [0.4, 0.5) is 9.52 Å². The molecule has 0 radical (unpaired) electrons. The summed E-state index contributed by atoms with van der Waals surface area (Å²) in [6.07, 6.45) is -0.331. The lowest BCUT2D eigenvalue weighted by Crippen LogP contribution is -2.17. The van der Waals surface area contributed by atoms with Crippen molar-refractivity contribution >= 4 is 28.3 Å². The molecule has 8 heteroatoms. The molecule has 0 aliphatic heterocycles. The van der Waals surface area contributed by atoms with Gasteiger partial charge in [-0.3, -0.25) is 9.59 Å². The molecule has 6 nitrogen and oxygen atoms in total. The molecule has 0 aliphatic rings. The summed E-state index contributed by atoms with van der Waals surface area (Å²) in [7, 11) is 0. The number of nitrogens with one attached hydrogen (secondary N) is 1. The Balaban J connectivity index is 2.09. The molecule has 2 rings (SSSR count). The summed E-state index contributed by atoms with van der Waals surface area (Å²) in [5, 5.41) is 19.1. The number of carbonyl (C=O) groups excluding carboxylic acids is 1. The molecular formula is C13H12FN3O3S. The summed E-state index contributed by atoms with van der Waals surface area (Å²) in [5.41, 5.74) is 1.95. The molecule has 2 aromatic rings. The Morgan fingerprint density at radius 1 is 1.38 bits per heavy atom. The summed E-state index contributed by atoms with van der Waals surface area (Å²) >= 11 is 1.16. The van der Waals surface area contributed by atoms with E-state index in [0.717, 1.165) is 11.3 Å². The van der Waals surface area contributed by atoms with E-state index in [2.05, 4.69) is 15.5 Å². The number of carboxylic acids is 1. The SMILES string of the molecule is O=C(O)CC(CC(=O)Nc1nncs1)c1cccc(F)c1. The van der Waals surface area contributed by atoms with Gasteiger partial charge in [0.1, 0.15) is 11.3 Å². The Labute approximate surface area is 123 Å². The lowest BCUT2D eigenvalue weighted by atomic mass is 9.92. The fraction of sp³-hybridized carbons (Fsp3) is 0.231. The Bertz CT molecular complexity index is 633. The van der Waals surface area contributed by atoms with Crippen LogP contribution >= 0.6 is 11.3 Å². The lowest BCUT2D eigenvalue weighted by Gasteiger charge is -2.14. The second-order valence-corrected chi connectivity index (χ2v) is 5.18. The van der Waals surface area contributed by atoms with E-state index in [1.54, 1.807) is 6.07 Å². The van der Waals surface area contributed by atoms with Gasteiger partial charge in [-0.1, -0.05) is 23.5 Å². The van der Waals surface area contributed by atoms with E-state index in [9.17, 15) is 14.0 Å². The van der Waals surface area contributed by atoms with Gasteiger partial charge in [-0.2, -0.15) is 0 Å². The third kappa shape index (κ3) is 4.60. The van der Waals surface area contributed by atoms with Crippen LogP contribution in [0.3, 0.4) is 0 Å². The van der Waals surface area contributed by atoms with Crippen molar-refractivity contribution < 1.29 is 19.1 Å². The highest BCUT2D eigenvalue weighted by Crippen LogP contribution is 2.25. The number of halogens is 1. The highest BCUT2D eigenvalue weighted by molar-refractivity contribution is 7.13. The average Bonchev–Trinajstić information content (AvgIpc) is 2.90. The van der Waals surface area contributed by atoms with Crippen molar-refractivity contribution in [1.29, 1.82) is 0 Å². The van der Waals surface area contributed by atoms with Gasteiger partial charge in [0.25, 0.3) is 0 Å². The minimum absolute atomic E-state index is 0.0741. The predicted octanol–water partition coefficient (Wildman–Crippen LogP) is 2.26. The van der Waals surface area contributed by atoms with Crippen molar-refractivity contribution in [1.82, 2.24) is 10.2 Å². The van der Waals surface area contributed by atoms with Crippen molar-refractivity contribution in [2.45, 2.75) is 18.8 Å². The number of carboxylic acid groups (broad SMARTS) is 1. The van der Waals surface area contributed by atoms with E-state index in [0.29, 0.717) is 10.7 Å². The number of nitrogens with zero attached hydrogens (tertiary/aromatic N) is 2. The third-order valence-electron chi connectivity index (χ3n) is 2.78. The Hall–Kier alpha value is -2.35. The molecule has 0 saturated carbocycles. The molecule has 1 heterocycles. The van der Waals surface area contributed by atoms with Crippen LogP contribution in [0.2, 0.25) is 0 Å². The number of aliphatic carboxylic acids is 1. The predicted molar refractivity (Wildman–Crippen MR) is 74.5 cm³/mol. The Kier molecular flexibility index (Phi) is 4.94.